The molecule has 1 aromatic carbocycles. The van der Waals surface area contributed by atoms with Crippen molar-refractivity contribution in [2.24, 2.45) is 5.73 Å². The van der Waals surface area contributed by atoms with E-state index in [4.69, 9.17) is 5.73 Å². The van der Waals surface area contributed by atoms with Crippen molar-refractivity contribution in [1.82, 2.24) is 4.98 Å². The molecule has 0 radical (unpaired) electrons. The summed E-state index contributed by atoms with van der Waals surface area (Å²) in [5.41, 5.74) is 7.35. The van der Waals surface area contributed by atoms with Crippen molar-refractivity contribution >= 4 is 28.7 Å². The van der Waals surface area contributed by atoms with Crippen LogP contribution in [0.5, 0.6) is 0 Å². The first-order valence-electron chi connectivity index (χ1n) is 8.16. The van der Waals surface area contributed by atoms with Crippen molar-refractivity contribution in [1.29, 1.82) is 0 Å². The zero-order valence-electron chi connectivity index (χ0n) is 14.0. The molecule has 4 rings (SSSR count). The smallest absolute Gasteiger partial charge is 0.366 e. The normalized spacial score (nSPS) is 13.7. The molecule has 8 heteroatoms. The molecule has 0 bridgehead atoms. The third-order valence-electron chi connectivity index (χ3n) is 4.55. The second kappa shape index (κ2) is 6.38. The molecule has 0 fully saturated rings. The minimum atomic E-state index is -4.41. The van der Waals surface area contributed by atoms with Crippen LogP contribution in [0.15, 0.2) is 48.0 Å². The third-order valence-corrected chi connectivity index (χ3v) is 5.51. The summed E-state index contributed by atoms with van der Waals surface area (Å²) in [6.07, 6.45) is -2.29. The number of carbonyl (C=O) groups is 1. The molecule has 0 spiro atoms. The van der Waals surface area contributed by atoms with Crippen LogP contribution < -0.4 is 10.6 Å². The van der Waals surface area contributed by atoms with Crippen LogP contribution in [0.4, 0.5) is 24.7 Å². The molecule has 3 aromatic rings. The number of aromatic nitrogens is 1. The maximum atomic E-state index is 13.2. The van der Waals surface area contributed by atoms with Crippen LogP contribution in [0.2, 0.25) is 0 Å². The number of rotatable bonds is 3. The van der Waals surface area contributed by atoms with Gasteiger partial charge < -0.3 is 10.6 Å². The number of fused-ring (bicyclic) bond motifs is 1. The first-order valence-corrected chi connectivity index (χ1v) is 9.04. The Kier molecular flexibility index (Phi) is 4.15. The number of thiophene rings is 1. The van der Waals surface area contributed by atoms with E-state index in [1.807, 2.05) is 11.0 Å². The molecular formula is C19H14F3N3OS. The van der Waals surface area contributed by atoms with E-state index >= 15 is 0 Å². The van der Waals surface area contributed by atoms with Crippen molar-refractivity contribution in [3.63, 3.8) is 0 Å². The van der Waals surface area contributed by atoms with Gasteiger partial charge in [-0.05, 0) is 53.3 Å². The molecule has 1 aliphatic heterocycles. The Bertz CT molecular complexity index is 1030. The van der Waals surface area contributed by atoms with E-state index in [2.05, 4.69) is 4.98 Å². The summed E-state index contributed by atoms with van der Waals surface area (Å²) in [7, 11) is 0. The second-order valence-electron chi connectivity index (χ2n) is 6.13. The number of alkyl halides is 3. The Morgan fingerprint density at radius 3 is 2.78 bits per heavy atom. The molecule has 0 saturated heterocycles. The number of nitrogens with zero attached hydrogens (tertiary/aromatic N) is 2. The number of hydrogen-bond donors (Lipinski definition) is 1. The van der Waals surface area contributed by atoms with Crippen LogP contribution in [-0.4, -0.2) is 17.4 Å². The summed E-state index contributed by atoms with van der Waals surface area (Å²) in [5, 5.41) is 1.43. The number of carbonyl (C=O) groups excluding carboxylic acids is 1. The molecule has 0 unspecified atom stereocenters. The van der Waals surface area contributed by atoms with Crippen molar-refractivity contribution < 1.29 is 18.0 Å². The van der Waals surface area contributed by atoms with Gasteiger partial charge in [0.2, 0.25) is 5.91 Å². The lowest BCUT2D eigenvalue weighted by Crippen LogP contribution is -2.15. The van der Waals surface area contributed by atoms with Crippen molar-refractivity contribution in [3.8, 4) is 10.4 Å². The quantitative estimate of drug-likeness (QED) is 0.711. The Morgan fingerprint density at radius 1 is 1.22 bits per heavy atom. The van der Waals surface area contributed by atoms with Crippen LogP contribution in [-0.2, 0) is 12.6 Å². The Morgan fingerprint density at radius 2 is 2.04 bits per heavy atom. The van der Waals surface area contributed by atoms with E-state index in [0.29, 0.717) is 29.9 Å². The van der Waals surface area contributed by atoms with Gasteiger partial charge in [-0.1, -0.05) is 6.07 Å². The van der Waals surface area contributed by atoms with E-state index in [9.17, 15) is 18.0 Å². The molecule has 0 saturated carbocycles. The third kappa shape index (κ3) is 3.06. The first kappa shape index (κ1) is 17.5. The molecule has 138 valence electrons. The van der Waals surface area contributed by atoms with Gasteiger partial charge in [-0.15, -0.1) is 11.3 Å². The maximum Gasteiger partial charge on any atom is 0.417 e. The summed E-state index contributed by atoms with van der Waals surface area (Å²) >= 11 is 1.05. The minimum absolute atomic E-state index is 0.163. The molecule has 4 nitrogen and oxygen atoms in total. The molecule has 1 aliphatic rings. The van der Waals surface area contributed by atoms with E-state index in [-0.39, 0.29) is 4.88 Å². The highest BCUT2D eigenvalue weighted by atomic mass is 32.1. The zero-order valence-corrected chi connectivity index (χ0v) is 14.8. The van der Waals surface area contributed by atoms with Crippen molar-refractivity contribution in [3.05, 3.63) is 64.7 Å². The fraction of sp³-hybridized carbons (Fsp3) is 0.158. The Balaban J connectivity index is 1.76. The number of pyridine rings is 1. The van der Waals surface area contributed by atoms with E-state index < -0.39 is 17.6 Å². The standard InChI is InChI=1S/C19H14F3N3OS/c20-19(21,22)14-6-9-27-17(14)11-4-7-24-16(10-11)25-8-5-12-13(18(23)26)2-1-3-15(12)25/h1-4,6-7,9-10H,5,8H2,(H2,23,26). The monoisotopic (exact) mass is 389 g/mol. The van der Waals surface area contributed by atoms with Gasteiger partial charge in [-0.2, -0.15) is 13.2 Å². The SMILES string of the molecule is NC(=O)c1cccc2c1CCN2c1cc(-c2sccc2C(F)(F)F)ccn1. The molecule has 3 heterocycles. The summed E-state index contributed by atoms with van der Waals surface area (Å²) in [5.74, 6) is 0.0400. The van der Waals surface area contributed by atoms with Crippen LogP contribution >= 0.6 is 11.3 Å². The number of hydrogen-bond acceptors (Lipinski definition) is 4. The van der Waals surface area contributed by atoms with Gasteiger partial charge in [0.1, 0.15) is 5.82 Å². The van der Waals surface area contributed by atoms with Gasteiger partial charge in [0.25, 0.3) is 0 Å². The van der Waals surface area contributed by atoms with E-state index in [1.165, 1.54) is 11.6 Å². The van der Waals surface area contributed by atoms with Gasteiger partial charge in [0, 0.05) is 28.9 Å². The number of primary amides is 1. The van der Waals surface area contributed by atoms with E-state index in [1.54, 1.807) is 24.3 Å². The fourth-order valence-corrected chi connectivity index (χ4v) is 4.28. The topological polar surface area (TPSA) is 59.2 Å². The van der Waals surface area contributed by atoms with Crippen LogP contribution in [0.3, 0.4) is 0 Å². The summed E-state index contributed by atoms with van der Waals surface area (Å²) < 4.78 is 39.7. The van der Waals surface area contributed by atoms with E-state index in [0.717, 1.165) is 28.7 Å². The highest BCUT2D eigenvalue weighted by molar-refractivity contribution is 7.13. The molecule has 1 amide bonds. The Hall–Kier alpha value is -2.87. The summed E-state index contributed by atoms with van der Waals surface area (Å²) in [6, 6.07) is 9.58. The minimum Gasteiger partial charge on any atom is -0.366 e. The average Bonchev–Trinajstić information content (AvgIpc) is 3.28. The second-order valence-corrected chi connectivity index (χ2v) is 7.05. The number of benzene rings is 1. The number of nitrogens with two attached hydrogens (primary N) is 1. The summed E-state index contributed by atoms with van der Waals surface area (Å²) in [6.45, 7) is 0.576. The molecule has 2 N–H and O–H groups in total. The first-order chi connectivity index (χ1) is 12.9. The molecule has 27 heavy (non-hydrogen) atoms. The molecule has 0 atom stereocenters. The predicted molar refractivity (Wildman–Crippen MR) is 98.2 cm³/mol. The molecule has 2 aromatic heterocycles. The highest BCUT2D eigenvalue weighted by Crippen LogP contribution is 2.42. The van der Waals surface area contributed by atoms with Gasteiger partial charge in [-0.25, -0.2) is 4.98 Å². The fourth-order valence-electron chi connectivity index (χ4n) is 3.37. The van der Waals surface area contributed by atoms with Crippen molar-refractivity contribution in [2.45, 2.75) is 12.6 Å². The number of amides is 1. The lowest BCUT2D eigenvalue weighted by molar-refractivity contribution is -0.136. The maximum absolute atomic E-state index is 13.2. The lowest BCUT2D eigenvalue weighted by atomic mass is 10.0. The lowest BCUT2D eigenvalue weighted by Gasteiger charge is -2.19. The van der Waals surface area contributed by atoms with Crippen LogP contribution in [0.1, 0.15) is 21.5 Å². The molecular weight excluding hydrogens is 375 g/mol. The summed E-state index contributed by atoms with van der Waals surface area (Å²) in [4.78, 5) is 18.0. The Labute approximate surface area is 157 Å². The number of halogens is 3. The van der Waals surface area contributed by atoms with Gasteiger partial charge in [-0.3, -0.25) is 4.79 Å². The van der Waals surface area contributed by atoms with Gasteiger partial charge in [0.15, 0.2) is 0 Å². The van der Waals surface area contributed by atoms with Crippen LogP contribution in [0.25, 0.3) is 10.4 Å². The highest BCUT2D eigenvalue weighted by Gasteiger charge is 2.34. The molecule has 0 aliphatic carbocycles. The van der Waals surface area contributed by atoms with Crippen LogP contribution in [0, 0.1) is 0 Å². The largest absolute Gasteiger partial charge is 0.417 e. The predicted octanol–water partition coefficient (Wildman–Crippen LogP) is 4.62. The number of anilines is 2. The average molecular weight is 389 g/mol. The zero-order chi connectivity index (χ0) is 19.2. The van der Waals surface area contributed by atoms with Crippen molar-refractivity contribution in [2.75, 3.05) is 11.4 Å². The van der Waals surface area contributed by atoms with Gasteiger partial charge in [0.05, 0.1) is 5.56 Å². The van der Waals surface area contributed by atoms with Gasteiger partial charge >= 0.3 is 6.18 Å².